The molecule has 15 aliphatic carbocycles. The van der Waals surface area contributed by atoms with Crippen LogP contribution >= 0.6 is 85.1 Å². The van der Waals surface area contributed by atoms with E-state index in [2.05, 4.69) is 147 Å². The van der Waals surface area contributed by atoms with Gasteiger partial charge in [0.25, 0.3) is 0 Å². The van der Waals surface area contributed by atoms with Gasteiger partial charge in [-0.05, 0) is 282 Å². The van der Waals surface area contributed by atoms with E-state index >= 15 is 0 Å². The van der Waals surface area contributed by atoms with Crippen LogP contribution in [0.25, 0.3) is 0 Å². The first-order chi connectivity index (χ1) is 67.6. The van der Waals surface area contributed by atoms with Gasteiger partial charge in [0.05, 0.1) is 16.8 Å². The summed E-state index contributed by atoms with van der Waals surface area (Å²) in [5.74, 6) is 22.6. The molecule has 0 spiro atoms. The minimum absolute atomic E-state index is 0. The topological polar surface area (TPSA) is 27.7 Å². The third-order valence-electron chi connectivity index (χ3n) is 35.9. The van der Waals surface area contributed by atoms with Gasteiger partial charge in [-0.2, -0.15) is 0 Å². The second kappa shape index (κ2) is 115. The first-order valence-corrected chi connectivity index (χ1v) is 91.6. The molecule has 0 heterocycles. The molecule has 0 aliphatic heterocycles. The normalized spacial score (nSPS) is 25.9. The monoisotopic (exact) mass is 2690 g/mol. The van der Waals surface area contributed by atoms with Gasteiger partial charge in [0.1, 0.15) is 0 Å². The Morgan fingerprint density at radius 1 is 0.267 bits per heavy atom. The third-order valence-corrected chi connectivity index (χ3v) is 35.9. The van der Waals surface area contributed by atoms with Crippen LogP contribution in [0.15, 0.2) is 43.0 Å². The van der Waals surface area contributed by atoms with Crippen molar-refractivity contribution in [2.24, 2.45) is 118 Å². The van der Waals surface area contributed by atoms with Gasteiger partial charge in [0.2, 0.25) is 0 Å². The Labute approximate surface area is 1040 Å². The van der Waals surface area contributed by atoms with Gasteiger partial charge < -0.3 is 88.5 Å². The van der Waals surface area contributed by atoms with Crippen molar-refractivity contribution in [1.82, 2.24) is 0 Å². The molecule has 18 heteroatoms. The van der Waals surface area contributed by atoms with Gasteiger partial charge in [-0.3, -0.25) is 0 Å². The fourth-order valence-electron chi connectivity index (χ4n) is 27.9. The van der Waals surface area contributed by atoms with E-state index in [-0.39, 0.29) is 91.1 Å². The van der Waals surface area contributed by atoms with E-state index in [1.807, 2.05) is 0 Å². The second-order valence-corrected chi connectivity index (χ2v) is 68.1. The van der Waals surface area contributed by atoms with Crippen LogP contribution in [0.1, 0.15) is 578 Å². The van der Waals surface area contributed by atoms with Crippen molar-refractivity contribution in [3.63, 3.8) is 0 Å². The van der Waals surface area contributed by atoms with E-state index in [0.717, 1.165) is 120 Å². The van der Waals surface area contributed by atoms with Crippen molar-refractivity contribution in [3.05, 3.63) is 123 Å². The van der Waals surface area contributed by atoms with Crippen LogP contribution in [0.4, 0.5) is 0 Å². The molecule has 890 valence electrons. The fourth-order valence-corrected chi connectivity index (χ4v) is 27.9. The van der Waals surface area contributed by atoms with Crippen molar-refractivity contribution >= 4 is 85.1 Å². The van der Waals surface area contributed by atoms with Crippen LogP contribution in [-0.4, -0.2) is 36.6 Å². The molecule has 1 aromatic carbocycles. The number of fused-ring (bicyclic) bond motifs is 5. The SMILES string of the molecule is C1CCC2CCCC2C1.C1CCC2CCCC2C1.C=CCCC1CCC2CCCCC12.CC(C)(C)OCCCCCCC1CCCC1.CC(C)(C)OCCCCCCC1CCCC1.CC(C)(C)OCCCCCCC1CCCC1.CC1CC(C)C(C)C1C.CCCCC1CCC2CCCCC12.CCCCC1CCCC1.[CH3-].[CH3-].[CH3-].[CH3-].[CH3-].[CH3-].[CH3-].[CH3-].[CH3-].[CH3-].[Cl][Zr+2][Cl].[Cl][Zr+2][Cl].[Cl][Zr+2][Cl].[Cl][Zr+2][Cl].[Cl][Zr+2][Cl].c1ccc(C2CC3CCCCC3C2)cc1. The standard InChI is InChI=1S/3C15H30O.C15H20.C13H24.C13H22.2C9H16.2C9H18.10CH3.10ClH.5Zr/c3*1-15(2,3)16-13-9-5-4-6-10-14-11-7-8-12-14;1-2-6-12(7-3-1)15-10-13-8-4-5-9-14(13)11-15;2*1-2-3-6-11-9-10-12-7-4-5-8-13(11)12;2*1-2-5-9-7-3-6-8(9)4-1;1-6-5-7(2)9(4)8(6)3;1-2-3-6-9-7-4-5-8-9;;;;;;;;;;;;;;;;;;;;;;;;;/h3*14H,4-13H2,1-3H3;1-3,6-7,13-15H,4-5,8-11H2;11-13H,2-10H2,1H3;2,11-13H,1,3-10H2;2*8-9H,1-7H2;6-9H,5H2,1-4H3;9H,2-8H2,1H3;10*1H3;10*1H;;;;;/q;;;;;;;;;;10*-1;;;;;;;;;;;5*+4/p-10. The quantitative estimate of drug-likeness (QED) is 0.0421. The van der Waals surface area contributed by atoms with E-state index in [0.29, 0.717) is 0 Å². The minimum Gasteiger partial charge on any atom is -0.0622 e. The van der Waals surface area contributed by atoms with Crippen molar-refractivity contribution in [3.8, 4) is 0 Å². The number of ether oxygens (including phenoxy) is 3. The van der Waals surface area contributed by atoms with Gasteiger partial charge in [-0.15, -0.1) is 6.58 Å². The Bertz CT molecular complexity index is 2640. The Morgan fingerprint density at radius 3 is 0.760 bits per heavy atom. The Morgan fingerprint density at radius 2 is 0.500 bits per heavy atom. The van der Waals surface area contributed by atoms with E-state index in [4.69, 9.17) is 99.3 Å². The molecule has 16 rings (SSSR count). The summed E-state index contributed by atoms with van der Waals surface area (Å²) in [4.78, 5) is 0. The summed E-state index contributed by atoms with van der Waals surface area (Å²) in [6.45, 7) is 40.0. The minimum atomic E-state index is -0.826. The number of rotatable bonds is 31. The van der Waals surface area contributed by atoms with Crippen LogP contribution in [-0.2, 0) is 118 Å². The second-order valence-electron chi connectivity index (χ2n) is 49.5. The third kappa shape index (κ3) is 90.3. The summed E-state index contributed by atoms with van der Waals surface area (Å²) in [5, 5.41) is 0. The number of halogens is 10. The molecule has 0 radical (unpaired) electrons. The molecule has 3 nitrogen and oxygen atoms in total. The number of benzene rings is 1. The molecule has 150 heavy (non-hydrogen) atoms. The Balaban J connectivity index is -0.000000207. The van der Waals surface area contributed by atoms with Crippen molar-refractivity contribution in [2.75, 3.05) is 19.8 Å². The Kier molecular flexibility index (Phi) is 133. The predicted octanol–water partition coefficient (Wildman–Crippen LogP) is 51.4. The molecule has 0 saturated heterocycles. The first-order valence-electron chi connectivity index (χ1n) is 60.0. The largest absolute Gasteiger partial charge is 0.0622 e. The average molecular weight is 2700 g/mol. The molecule has 16 atom stereocenters. The van der Waals surface area contributed by atoms with Gasteiger partial charge in [0, 0.05) is 19.8 Å². The number of hydrogen-bond donors (Lipinski definition) is 0. The predicted molar refractivity (Wildman–Crippen MR) is 675 cm³/mol. The molecular weight excluding hydrogens is 2440 g/mol. The van der Waals surface area contributed by atoms with Gasteiger partial charge >= 0.3 is 189 Å². The summed E-state index contributed by atoms with van der Waals surface area (Å²) in [6, 6.07) is 11.2. The zero-order valence-corrected chi connectivity index (χ0v) is 124. The van der Waals surface area contributed by atoms with E-state index in [1.165, 1.54) is 409 Å². The fraction of sp³-hybridized carbons (Fsp3) is 0.864. The van der Waals surface area contributed by atoms with Crippen molar-refractivity contribution in [1.29, 1.82) is 0 Å². The number of hydrogen-bond acceptors (Lipinski definition) is 3. The maximum absolute atomic E-state index is 5.71. The molecule has 0 amide bonds. The Hall–Kier alpha value is 6.16. The van der Waals surface area contributed by atoms with E-state index in [9.17, 15) is 0 Å². The van der Waals surface area contributed by atoms with Gasteiger partial charge in [-0.1, -0.05) is 450 Å². The molecule has 15 aliphatic rings. The average Bonchev–Trinajstić information content (AvgIpc) is 1.66. The molecule has 16 unspecified atom stereocenters. The van der Waals surface area contributed by atoms with Crippen LogP contribution in [0, 0.1) is 193 Å². The summed E-state index contributed by atoms with van der Waals surface area (Å²) in [5.41, 5.74) is 1.73. The summed E-state index contributed by atoms with van der Waals surface area (Å²) in [7, 11) is 49.3. The summed E-state index contributed by atoms with van der Waals surface area (Å²) in [6.07, 6.45) is 109. The number of unbranched alkanes of at least 4 members (excludes halogenated alkanes) is 11. The van der Waals surface area contributed by atoms with Crippen molar-refractivity contribution in [2.45, 2.75) is 589 Å². The molecule has 15 fully saturated rings. The molecular formula is C132H254Cl10O3Zr5. The van der Waals surface area contributed by atoms with E-state index in [1.54, 1.807) is 82.6 Å². The molecule has 0 bridgehead atoms. The zero-order valence-electron chi connectivity index (χ0n) is 104. The molecule has 0 N–H and O–H groups in total. The van der Waals surface area contributed by atoms with Crippen LogP contribution in [0.5, 0.6) is 0 Å². The zero-order chi connectivity index (χ0) is 103. The molecule has 0 aromatic heterocycles. The van der Waals surface area contributed by atoms with E-state index < -0.39 is 104 Å². The molecule has 1 aromatic rings. The van der Waals surface area contributed by atoms with Gasteiger partial charge in [-0.25, -0.2) is 0 Å². The van der Waals surface area contributed by atoms with Crippen LogP contribution in [0.2, 0.25) is 0 Å². The van der Waals surface area contributed by atoms with Crippen LogP contribution < -0.4 is 0 Å². The summed E-state index contributed by atoms with van der Waals surface area (Å²) < 4.78 is 17.1. The first kappa shape index (κ1) is 174. The van der Waals surface area contributed by atoms with Crippen LogP contribution in [0.3, 0.4) is 0 Å². The van der Waals surface area contributed by atoms with Crippen molar-refractivity contribution < 1.29 is 118 Å². The maximum Gasteiger partial charge on any atom is -0.0156 e. The number of allylic oxidation sites excluding steroid dienone is 1. The maximum atomic E-state index is 5.71. The smallest absolute Gasteiger partial charge is 0.0156 e. The summed E-state index contributed by atoms with van der Waals surface area (Å²) >= 11 is -4.13. The van der Waals surface area contributed by atoms with Gasteiger partial charge in [0.15, 0.2) is 0 Å². The molecule has 15 saturated carbocycles.